The Hall–Kier alpha value is -3.58. The predicted molar refractivity (Wildman–Crippen MR) is 136 cm³/mol. The van der Waals surface area contributed by atoms with Gasteiger partial charge in [-0.1, -0.05) is 19.1 Å². The standard InChI is InChI=1S/C28H28F3N5O2/c1-3-20-13-36-21(14-35(20)24(16-4-5-16)17-6-8-18(9-7-17)28(29,30)31)15-38-26-25(36)23-22(34(2)27(26)37)11-10-19(12-32)33-23/h6-11,16,20-21,24H,3-5,13-15H2,1-2H3/t20-,21+,24-/m1/s1. The number of hydrogen-bond donors (Lipinski definition) is 0. The van der Waals surface area contributed by atoms with Gasteiger partial charge in [-0.05, 0) is 55.0 Å². The van der Waals surface area contributed by atoms with Gasteiger partial charge in [-0.3, -0.25) is 9.69 Å². The van der Waals surface area contributed by atoms with Gasteiger partial charge in [0.25, 0.3) is 5.56 Å². The highest BCUT2D eigenvalue weighted by atomic mass is 19.4. The topological polar surface area (TPSA) is 74.4 Å². The lowest BCUT2D eigenvalue weighted by Gasteiger charge is -2.52. The number of nitrogens with zero attached hydrogens (tertiary/aromatic N) is 5. The fourth-order valence-electron chi connectivity index (χ4n) is 6.11. The van der Waals surface area contributed by atoms with Gasteiger partial charge in [-0.15, -0.1) is 0 Å². The molecule has 0 spiro atoms. The highest BCUT2D eigenvalue weighted by molar-refractivity contribution is 5.93. The van der Waals surface area contributed by atoms with E-state index in [0.717, 1.165) is 24.8 Å². The molecule has 38 heavy (non-hydrogen) atoms. The Balaban J connectivity index is 1.39. The number of ether oxygens (including phenoxy) is 1. The van der Waals surface area contributed by atoms with Crippen molar-refractivity contribution < 1.29 is 17.9 Å². The summed E-state index contributed by atoms with van der Waals surface area (Å²) in [6, 6.07) is 11.1. The third-order valence-corrected chi connectivity index (χ3v) is 8.21. The molecule has 10 heteroatoms. The van der Waals surface area contributed by atoms with Crippen molar-refractivity contribution in [3.8, 4) is 11.8 Å². The molecule has 3 aromatic rings. The second-order valence-electron chi connectivity index (χ2n) is 10.5. The summed E-state index contributed by atoms with van der Waals surface area (Å²) in [5.41, 5.74) is 2.12. The summed E-state index contributed by atoms with van der Waals surface area (Å²) in [6.07, 6.45) is -1.43. The average molecular weight is 524 g/mol. The molecule has 2 fully saturated rings. The number of fused-ring (bicyclic) bond motifs is 5. The van der Waals surface area contributed by atoms with E-state index in [9.17, 15) is 23.2 Å². The Morgan fingerprint density at radius 2 is 1.89 bits per heavy atom. The molecule has 1 aromatic carbocycles. The molecule has 1 saturated carbocycles. The Morgan fingerprint density at radius 3 is 2.53 bits per heavy atom. The molecule has 0 bridgehead atoms. The lowest BCUT2D eigenvalue weighted by atomic mass is 9.93. The quantitative estimate of drug-likeness (QED) is 0.496. The summed E-state index contributed by atoms with van der Waals surface area (Å²) in [7, 11) is 1.67. The van der Waals surface area contributed by atoms with Crippen molar-refractivity contribution in [1.82, 2.24) is 14.5 Å². The minimum Gasteiger partial charge on any atom is -0.484 e. The van der Waals surface area contributed by atoms with Crippen LogP contribution < -0.4 is 15.2 Å². The van der Waals surface area contributed by atoms with Crippen LogP contribution in [0.5, 0.6) is 5.75 Å². The van der Waals surface area contributed by atoms with Crippen molar-refractivity contribution in [3.05, 3.63) is 63.6 Å². The number of pyridine rings is 2. The number of piperazine rings is 1. The fourth-order valence-corrected chi connectivity index (χ4v) is 6.11. The highest BCUT2D eigenvalue weighted by Gasteiger charge is 2.46. The average Bonchev–Trinajstić information content (AvgIpc) is 3.75. The van der Waals surface area contributed by atoms with E-state index in [1.165, 1.54) is 16.7 Å². The number of nitriles is 1. The van der Waals surface area contributed by atoms with Crippen LogP contribution in [0.15, 0.2) is 41.2 Å². The van der Waals surface area contributed by atoms with Gasteiger partial charge in [0.1, 0.15) is 29.6 Å². The SMILES string of the molecule is CC[C@@H]1CN2c3c(c(=O)n(C)c4ccc(C#N)nc34)OC[C@@H]2CN1[C@@H](c1ccc(C(F)(F)F)cc1)C1CC1. The Morgan fingerprint density at radius 1 is 1.16 bits per heavy atom. The van der Waals surface area contributed by atoms with E-state index < -0.39 is 11.7 Å². The van der Waals surface area contributed by atoms with Crippen molar-refractivity contribution in [1.29, 1.82) is 5.26 Å². The van der Waals surface area contributed by atoms with Crippen LogP contribution in [-0.4, -0.2) is 46.2 Å². The summed E-state index contributed by atoms with van der Waals surface area (Å²) in [6.45, 7) is 3.71. The third-order valence-electron chi connectivity index (χ3n) is 8.21. The molecular weight excluding hydrogens is 495 g/mol. The van der Waals surface area contributed by atoms with Gasteiger partial charge in [0.15, 0.2) is 0 Å². The van der Waals surface area contributed by atoms with Gasteiger partial charge in [-0.25, -0.2) is 4.98 Å². The molecule has 0 unspecified atom stereocenters. The summed E-state index contributed by atoms with van der Waals surface area (Å²) in [5.74, 6) is 0.653. The van der Waals surface area contributed by atoms with Crippen molar-refractivity contribution >= 4 is 16.7 Å². The van der Waals surface area contributed by atoms with Crippen LogP contribution in [0.3, 0.4) is 0 Å². The number of hydrogen-bond acceptors (Lipinski definition) is 6. The second kappa shape index (κ2) is 9.02. The first-order valence-corrected chi connectivity index (χ1v) is 13.0. The molecule has 1 saturated heterocycles. The molecule has 6 rings (SSSR count). The third kappa shape index (κ3) is 4.00. The Labute approximate surface area is 218 Å². The lowest BCUT2D eigenvalue weighted by molar-refractivity contribution is -0.137. The van der Waals surface area contributed by atoms with Crippen LogP contribution in [0, 0.1) is 17.2 Å². The smallest absolute Gasteiger partial charge is 0.416 e. The molecule has 3 aliphatic rings. The summed E-state index contributed by atoms with van der Waals surface area (Å²) >= 11 is 0. The van der Waals surface area contributed by atoms with Crippen LogP contribution in [0.2, 0.25) is 0 Å². The van der Waals surface area contributed by atoms with E-state index in [1.807, 2.05) is 0 Å². The van der Waals surface area contributed by atoms with E-state index in [2.05, 4.69) is 27.8 Å². The van der Waals surface area contributed by atoms with Gasteiger partial charge < -0.3 is 14.2 Å². The molecule has 7 nitrogen and oxygen atoms in total. The Kier molecular flexibility index (Phi) is 5.87. The monoisotopic (exact) mass is 523 g/mol. The minimum atomic E-state index is -4.36. The van der Waals surface area contributed by atoms with Crippen LogP contribution in [0.4, 0.5) is 18.9 Å². The normalized spacial score (nSPS) is 22.4. The van der Waals surface area contributed by atoms with Crippen molar-refractivity contribution in [2.75, 3.05) is 24.6 Å². The highest BCUT2D eigenvalue weighted by Crippen LogP contribution is 2.48. The molecular formula is C28H28F3N5O2. The van der Waals surface area contributed by atoms with E-state index in [1.54, 1.807) is 31.3 Å². The number of alkyl halides is 3. The second-order valence-corrected chi connectivity index (χ2v) is 10.5. The van der Waals surface area contributed by atoms with Gasteiger partial charge in [0.2, 0.25) is 5.75 Å². The van der Waals surface area contributed by atoms with Crippen LogP contribution >= 0.6 is 0 Å². The molecule has 2 aromatic heterocycles. The predicted octanol–water partition coefficient (Wildman–Crippen LogP) is 4.64. The molecule has 4 heterocycles. The van der Waals surface area contributed by atoms with Gasteiger partial charge >= 0.3 is 6.18 Å². The number of rotatable bonds is 4. The number of aromatic nitrogens is 2. The molecule has 0 radical (unpaired) electrons. The number of aryl methyl sites for hydroxylation is 1. The largest absolute Gasteiger partial charge is 0.484 e. The van der Waals surface area contributed by atoms with Crippen LogP contribution in [0.25, 0.3) is 11.0 Å². The molecule has 2 aliphatic heterocycles. The van der Waals surface area contributed by atoms with Crippen molar-refractivity contribution in [2.45, 2.75) is 50.5 Å². The summed E-state index contributed by atoms with van der Waals surface area (Å²) in [4.78, 5) is 22.4. The maximum atomic E-state index is 13.2. The zero-order valence-corrected chi connectivity index (χ0v) is 21.2. The maximum Gasteiger partial charge on any atom is 0.416 e. The van der Waals surface area contributed by atoms with Gasteiger partial charge in [0.05, 0.1) is 17.1 Å². The van der Waals surface area contributed by atoms with Crippen LogP contribution in [0.1, 0.15) is 49.0 Å². The first-order chi connectivity index (χ1) is 18.2. The first kappa shape index (κ1) is 24.7. The molecule has 198 valence electrons. The molecule has 0 N–H and O–H groups in total. The fraction of sp³-hybridized carbons (Fsp3) is 0.464. The summed E-state index contributed by atoms with van der Waals surface area (Å²) < 4.78 is 47.2. The number of benzene rings is 1. The van der Waals surface area contributed by atoms with Crippen molar-refractivity contribution in [2.24, 2.45) is 13.0 Å². The zero-order valence-electron chi connectivity index (χ0n) is 21.2. The number of anilines is 1. The van der Waals surface area contributed by atoms with Crippen LogP contribution in [-0.2, 0) is 13.2 Å². The summed E-state index contributed by atoms with van der Waals surface area (Å²) in [5, 5.41) is 9.47. The molecule has 0 amide bonds. The van der Waals surface area contributed by atoms with E-state index >= 15 is 0 Å². The van der Waals surface area contributed by atoms with Gasteiger partial charge in [-0.2, -0.15) is 18.4 Å². The molecule has 3 atom stereocenters. The zero-order chi connectivity index (χ0) is 26.8. The molecule has 1 aliphatic carbocycles. The maximum absolute atomic E-state index is 13.2. The first-order valence-electron chi connectivity index (χ1n) is 13.0. The van der Waals surface area contributed by atoms with E-state index in [4.69, 9.17) is 4.74 Å². The lowest BCUT2D eigenvalue weighted by Crippen LogP contribution is -2.62. The van der Waals surface area contributed by atoms with Crippen molar-refractivity contribution in [3.63, 3.8) is 0 Å². The minimum absolute atomic E-state index is 0.0227. The van der Waals surface area contributed by atoms with Gasteiger partial charge in [0, 0.05) is 32.2 Å². The Bertz CT molecular complexity index is 1490. The number of halogens is 3. The van der Waals surface area contributed by atoms with E-state index in [-0.39, 0.29) is 35.1 Å². The van der Waals surface area contributed by atoms with E-state index in [0.29, 0.717) is 42.3 Å².